The molecule has 1 aromatic rings. The van der Waals surface area contributed by atoms with Gasteiger partial charge >= 0.3 is 0 Å². The van der Waals surface area contributed by atoms with E-state index in [0.29, 0.717) is 5.56 Å². The number of nitriles is 1. The first-order valence-corrected chi connectivity index (χ1v) is 6.49. The molecule has 2 nitrogen and oxygen atoms in total. The second kappa shape index (κ2) is 11.0. The van der Waals surface area contributed by atoms with Gasteiger partial charge in [-0.05, 0) is 30.7 Å². The molecule has 0 heterocycles. The lowest BCUT2D eigenvalue weighted by molar-refractivity contribution is 0.305. The van der Waals surface area contributed by atoms with Crippen LogP contribution in [0.2, 0.25) is 0 Å². The lowest BCUT2D eigenvalue weighted by Crippen LogP contribution is -1.96. The molecule has 94 valence electrons. The topological polar surface area (TPSA) is 33.0 Å². The quantitative estimate of drug-likeness (QED) is 0.675. The summed E-state index contributed by atoms with van der Waals surface area (Å²) in [4.78, 5) is 0. The van der Waals surface area contributed by atoms with Crippen molar-refractivity contribution in [3.8, 4) is 11.8 Å². The van der Waals surface area contributed by atoms with Gasteiger partial charge in [-0.15, -0.1) is 0 Å². The van der Waals surface area contributed by atoms with Gasteiger partial charge in [0, 0.05) is 0 Å². The monoisotopic (exact) mass is 233 g/mol. The SMILES string of the molecule is CC.CCCCCCOc1ccc(C#N)cc1. The number of rotatable bonds is 6. The summed E-state index contributed by atoms with van der Waals surface area (Å²) in [5.41, 5.74) is 0.674. The Morgan fingerprint density at radius 2 is 1.71 bits per heavy atom. The van der Waals surface area contributed by atoms with Crippen molar-refractivity contribution in [2.45, 2.75) is 46.5 Å². The Kier molecular flexibility index (Phi) is 10.0. The maximum absolute atomic E-state index is 8.61. The molecule has 0 fully saturated rings. The summed E-state index contributed by atoms with van der Waals surface area (Å²) in [5.74, 6) is 0.852. The minimum Gasteiger partial charge on any atom is -0.494 e. The Labute approximate surface area is 105 Å². The van der Waals surface area contributed by atoms with E-state index in [9.17, 15) is 0 Å². The summed E-state index contributed by atoms with van der Waals surface area (Å²) in [6.45, 7) is 6.97. The van der Waals surface area contributed by atoms with Crippen LogP contribution in [-0.4, -0.2) is 6.61 Å². The number of nitrogens with zero attached hydrogens (tertiary/aromatic N) is 1. The van der Waals surface area contributed by atoms with Crippen LogP contribution in [0, 0.1) is 11.3 Å². The minimum atomic E-state index is 0.674. The Balaban J connectivity index is 0.00000121. The number of hydrogen-bond donors (Lipinski definition) is 0. The van der Waals surface area contributed by atoms with E-state index in [1.807, 2.05) is 26.0 Å². The highest BCUT2D eigenvalue weighted by Gasteiger charge is 1.94. The van der Waals surface area contributed by atoms with Crippen LogP contribution in [0.5, 0.6) is 5.75 Å². The molecule has 0 bridgehead atoms. The molecule has 0 saturated carbocycles. The summed E-state index contributed by atoms with van der Waals surface area (Å²) in [5, 5.41) is 8.61. The molecule has 0 aliphatic rings. The fourth-order valence-electron chi connectivity index (χ4n) is 1.34. The predicted molar refractivity (Wildman–Crippen MR) is 72.1 cm³/mol. The number of benzene rings is 1. The largest absolute Gasteiger partial charge is 0.494 e. The zero-order chi connectivity index (χ0) is 12.9. The third kappa shape index (κ3) is 7.41. The second-order valence-corrected chi connectivity index (χ2v) is 3.55. The van der Waals surface area contributed by atoms with Gasteiger partial charge in [-0.1, -0.05) is 40.0 Å². The van der Waals surface area contributed by atoms with E-state index in [1.54, 1.807) is 12.1 Å². The highest BCUT2D eigenvalue weighted by Crippen LogP contribution is 2.12. The summed E-state index contributed by atoms with van der Waals surface area (Å²) < 4.78 is 5.54. The van der Waals surface area contributed by atoms with Crippen molar-refractivity contribution in [1.82, 2.24) is 0 Å². The van der Waals surface area contributed by atoms with Crippen molar-refractivity contribution < 1.29 is 4.74 Å². The second-order valence-electron chi connectivity index (χ2n) is 3.55. The smallest absolute Gasteiger partial charge is 0.119 e. The average molecular weight is 233 g/mol. The highest BCUT2D eigenvalue weighted by molar-refractivity contribution is 5.34. The van der Waals surface area contributed by atoms with Crippen LogP contribution in [0.25, 0.3) is 0 Å². The van der Waals surface area contributed by atoms with Gasteiger partial charge in [0.25, 0.3) is 0 Å². The van der Waals surface area contributed by atoms with E-state index in [1.165, 1.54) is 19.3 Å². The fourth-order valence-corrected chi connectivity index (χ4v) is 1.34. The average Bonchev–Trinajstić information content (AvgIpc) is 2.41. The van der Waals surface area contributed by atoms with Crippen LogP contribution in [0.3, 0.4) is 0 Å². The summed E-state index contributed by atoms with van der Waals surface area (Å²) in [6.07, 6.45) is 4.86. The summed E-state index contributed by atoms with van der Waals surface area (Å²) >= 11 is 0. The van der Waals surface area contributed by atoms with E-state index >= 15 is 0 Å². The number of unbranched alkanes of at least 4 members (excludes halogenated alkanes) is 3. The van der Waals surface area contributed by atoms with E-state index < -0.39 is 0 Å². The third-order valence-corrected chi connectivity index (χ3v) is 2.25. The molecule has 1 rings (SSSR count). The first kappa shape index (κ1) is 15.5. The molecule has 0 unspecified atom stereocenters. The lowest BCUT2D eigenvalue weighted by Gasteiger charge is -2.05. The maximum atomic E-state index is 8.61. The van der Waals surface area contributed by atoms with Crippen LogP contribution >= 0.6 is 0 Å². The molecule has 17 heavy (non-hydrogen) atoms. The van der Waals surface area contributed by atoms with Crippen LogP contribution in [0.15, 0.2) is 24.3 Å². The van der Waals surface area contributed by atoms with Crippen molar-refractivity contribution in [2.75, 3.05) is 6.61 Å². The van der Waals surface area contributed by atoms with E-state index in [-0.39, 0.29) is 0 Å². The standard InChI is InChI=1S/C13H17NO.C2H6/c1-2-3-4-5-10-15-13-8-6-12(11-14)7-9-13;1-2/h6-9H,2-5,10H2,1H3;1-2H3. The lowest BCUT2D eigenvalue weighted by atomic mass is 10.2. The molecule has 0 amide bonds. The van der Waals surface area contributed by atoms with Crippen molar-refractivity contribution in [3.05, 3.63) is 29.8 Å². The highest BCUT2D eigenvalue weighted by atomic mass is 16.5. The van der Waals surface area contributed by atoms with Crippen LogP contribution in [0.1, 0.15) is 52.0 Å². The van der Waals surface area contributed by atoms with Crippen molar-refractivity contribution >= 4 is 0 Å². The minimum absolute atomic E-state index is 0.674. The van der Waals surface area contributed by atoms with Crippen molar-refractivity contribution in [3.63, 3.8) is 0 Å². The van der Waals surface area contributed by atoms with E-state index in [0.717, 1.165) is 18.8 Å². The molecule has 0 radical (unpaired) electrons. The fraction of sp³-hybridized carbons (Fsp3) is 0.533. The third-order valence-electron chi connectivity index (χ3n) is 2.25. The predicted octanol–water partition coefficient (Wildman–Crippen LogP) is 4.54. The molecule has 0 N–H and O–H groups in total. The number of ether oxygens (including phenoxy) is 1. The van der Waals surface area contributed by atoms with Crippen LogP contribution in [-0.2, 0) is 0 Å². The maximum Gasteiger partial charge on any atom is 0.119 e. The molecule has 0 spiro atoms. The number of hydrogen-bond acceptors (Lipinski definition) is 2. The van der Waals surface area contributed by atoms with Crippen molar-refractivity contribution in [2.24, 2.45) is 0 Å². The van der Waals surface area contributed by atoms with Crippen LogP contribution < -0.4 is 4.74 Å². The molecule has 0 atom stereocenters. The molecule has 0 aromatic heterocycles. The van der Waals surface area contributed by atoms with Gasteiger partial charge in [-0.3, -0.25) is 0 Å². The van der Waals surface area contributed by atoms with Gasteiger partial charge in [0.05, 0.1) is 18.2 Å². The summed E-state index contributed by atoms with van der Waals surface area (Å²) in [6, 6.07) is 9.33. The van der Waals surface area contributed by atoms with E-state index in [2.05, 4.69) is 13.0 Å². The molecule has 0 aliphatic carbocycles. The Bertz CT molecular complexity index is 311. The van der Waals surface area contributed by atoms with E-state index in [4.69, 9.17) is 10.00 Å². The Hall–Kier alpha value is -1.49. The van der Waals surface area contributed by atoms with Gasteiger partial charge in [0.15, 0.2) is 0 Å². The van der Waals surface area contributed by atoms with Gasteiger partial charge in [0.2, 0.25) is 0 Å². The Morgan fingerprint density at radius 3 is 2.24 bits per heavy atom. The molecular formula is C15H23NO. The zero-order valence-corrected chi connectivity index (χ0v) is 11.2. The van der Waals surface area contributed by atoms with Gasteiger partial charge in [-0.2, -0.15) is 5.26 Å². The molecular weight excluding hydrogens is 210 g/mol. The summed E-state index contributed by atoms with van der Waals surface area (Å²) in [7, 11) is 0. The molecule has 1 aromatic carbocycles. The normalized spacial score (nSPS) is 8.82. The zero-order valence-electron chi connectivity index (χ0n) is 11.2. The van der Waals surface area contributed by atoms with Crippen molar-refractivity contribution in [1.29, 1.82) is 5.26 Å². The first-order valence-electron chi connectivity index (χ1n) is 6.49. The first-order chi connectivity index (χ1) is 8.36. The molecule has 2 heteroatoms. The Morgan fingerprint density at radius 1 is 1.06 bits per heavy atom. The molecule has 0 aliphatic heterocycles. The van der Waals surface area contributed by atoms with Gasteiger partial charge in [-0.25, -0.2) is 0 Å². The van der Waals surface area contributed by atoms with Crippen LogP contribution in [0.4, 0.5) is 0 Å². The van der Waals surface area contributed by atoms with Gasteiger partial charge in [0.1, 0.15) is 5.75 Å². The van der Waals surface area contributed by atoms with Gasteiger partial charge < -0.3 is 4.74 Å². The molecule has 0 saturated heterocycles.